The van der Waals surface area contributed by atoms with Gasteiger partial charge in [-0.1, -0.05) is 61.1 Å². The average Bonchev–Trinajstić information content (AvgIpc) is 1.60. The molecule has 6 aliphatic rings. The Labute approximate surface area is 529 Å². The summed E-state index contributed by atoms with van der Waals surface area (Å²) in [5.74, 6) is 5.42. The maximum absolute atomic E-state index is 14.2. The van der Waals surface area contributed by atoms with Crippen LogP contribution in [0, 0.1) is 33.3 Å². The van der Waals surface area contributed by atoms with Crippen LogP contribution in [0.1, 0.15) is 122 Å². The van der Waals surface area contributed by atoms with Crippen molar-refractivity contribution in [3.63, 3.8) is 0 Å². The Kier molecular flexibility index (Phi) is 18.5. The van der Waals surface area contributed by atoms with Crippen LogP contribution >= 0.6 is 11.6 Å². The van der Waals surface area contributed by atoms with Gasteiger partial charge in [0.05, 0.1) is 21.6 Å². The monoisotopic (exact) mass is 1260 g/mol. The van der Waals surface area contributed by atoms with E-state index in [1.165, 1.54) is 35.0 Å². The Morgan fingerprint density at radius 2 is 1.67 bits per heavy atom. The van der Waals surface area contributed by atoms with Crippen molar-refractivity contribution in [1.82, 2.24) is 39.6 Å². The van der Waals surface area contributed by atoms with E-state index in [1.807, 2.05) is 30.3 Å². The van der Waals surface area contributed by atoms with Gasteiger partial charge in [0.15, 0.2) is 0 Å². The summed E-state index contributed by atoms with van der Waals surface area (Å²) in [4.78, 5) is 82.0. The fraction of sp³-hybridized carbons (Fsp3) is 0.426. The van der Waals surface area contributed by atoms with E-state index in [9.17, 15) is 37.7 Å². The highest BCUT2D eigenvalue weighted by atomic mass is 35.5. The summed E-state index contributed by atoms with van der Waals surface area (Å²) in [5.41, 5.74) is 7.67. The maximum Gasteiger partial charge on any atom is 0.293 e. The van der Waals surface area contributed by atoms with Gasteiger partial charge in [-0.2, -0.15) is 0 Å². The van der Waals surface area contributed by atoms with E-state index in [2.05, 4.69) is 82.7 Å². The molecular formula is C68H76ClN11O9S. The lowest BCUT2D eigenvalue weighted by atomic mass is 9.72. The highest BCUT2D eigenvalue weighted by Crippen LogP contribution is 2.44. The van der Waals surface area contributed by atoms with Crippen LogP contribution in [0.5, 0.6) is 11.5 Å². The molecule has 1 saturated carbocycles. The van der Waals surface area contributed by atoms with Crippen molar-refractivity contribution in [2.75, 3.05) is 82.2 Å². The van der Waals surface area contributed by atoms with Gasteiger partial charge in [-0.15, -0.1) is 0 Å². The highest BCUT2D eigenvalue weighted by Gasteiger charge is 2.40. The fourth-order valence-corrected chi connectivity index (χ4v) is 14.9. The van der Waals surface area contributed by atoms with E-state index in [4.69, 9.17) is 16.3 Å². The van der Waals surface area contributed by atoms with Crippen LogP contribution in [0.25, 0.3) is 16.6 Å². The molecule has 4 N–H and O–H groups in total. The molecule has 0 radical (unpaired) electrons. The van der Waals surface area contributed by atoms with E-state index >= 15 is 0 Å². The lowest BCUT2D eigenvalue weighted by Crippen LogP contribution is -2.52. The Bertz CT molecular complexity index is 3950. The molecule has 0 spiro atoms. The van der Waals surface area contributed by atoms with Gasteiger partial charge in [0, 0.05) is 136 Å². The number of H-pyrrole nitrogens is 1. The number of nitrogens with one attached hydrogen (secondary N) is 4. The van der Waals surface area contributed by atoms with Crippen LogP contribution < -0.4 is 25.0 Å². The van der Waals surface area contributed by atoms with E-state index < -0.39 is 43.4 Å². The number of aromatic nitrogens is 2. The number of anilines is 2. The molecule has 1 atom stereocenters. The Hall–Kier alpha value is -8.13. The van der Waals surface area contributed by atoms with Crippen molar-refractivity contribution in [3.8, 4) is 23.3 Å². The number of piperidine rings is 1. The summed E-state index contributed by atoms with van der Waals surface area (Å²) in [6.45, 7) is 14.2. The van der Waals surface area contributed by atoms with E-state index in [0.29, 0.717) is 62.0 Å². The van der Waals surface area contributed by atoms with Crippen molar-refractivity contribution in [3.05, 3.63) is 152 Å². The number of benzene rings is 4. The maximum atomic E-state index is 14.2. The lowest BCUT2D eigenvalue weighted by molar-refractivity contribution is -0.384. The second kappa shape index (κ2) is 26.8. The van der Waals surface area contributed by atoms with Crippen LogP contribution in [-0.4, -0.2) is 151 Å². The standard InChI is InChI=1S/C68H76ClN11O9S/c1-68(2)26-24-49(57(40-68)47-12-14-50(69)15-13-47)43-76-31-35-78(36-32-76)52-18-20-56(62(38-52)89-53-37-48-25-27-70-64(48)72-42-53)65(82)74-90(87,88)54-19-21-59(61(39-54)80(85)86)71-41-45-10-16-51(17-11-45)77-33-29-75(30-34-77)28-5-3-4-7-46-8-6-9-55-58(46)44-79(67(55)84)60-22-23-63(81)73-66(60)83/h6,8-9,12-15,18-21,25,27,37-39,42,45,51,60,71H,3,5,10-11,16-17,22-24,26,28-36,40-41,43-44H2,1-2H3,(H,70,72)(H,74,82)(H,73,81,83). The second-order valence-electron chi connectivity index (χ2n) is 25.5. The molecule has 0 bridgehead atoms. The third kappa shape index (κ3) is 14.2. The smallest absolute Gasteiger partial charge is 0.293 e. The zero-order chi connectivity index (χ0) is 62.7. The highest BCUT2D eigenvalue weighted by molar-refractivity contribution is 7.90. The number of pyridine rings is 1. The van der Waals surface area contributed by atoms with Crippen molar-refractivity contribution in [2.45, 2.75) is 108 Å². The molecule has 2 aromatic heterocycles. The van der Waals surface area contributed by atoms with Crippen molar-refractivity contribution >= 4 is 78.9 Å². The quantitative estimate of drug-likeness (QED) is 0.0206. The summed E-state index contributed by atoms with van der Waals surface area (Å²) in [6, 6.07) is 25.9. The molecule has 6 heterocycles. The normalized spacial score (nSPS) is 21.0. The molecule has 1 unspecified atom stereocenters. The number of sulfonamides is 1. The Balaban J connectivity index is 0.621. The molecule has 3 saturated heterocycles. The first-order valence-corrected chi connectivity index (χ1v) is 33.3. The number of fused-ring (bicyclic) bond motifs is 2. The first kappa shape index (κ1) is 62.1. The predicted molar refractivity (Wildman–Crippen MR) is 346 cm³/mol. The summed E-state index contributed by atoms with van der Waals surface area (Å²) >= 11 is 6.28. The number of imide groups is 1. The first-order chi connectivity index (χ1) is 43.4. The number of nitro benzene ring substituents is 1. The van der Waals surface area contributed by atoms with Crippen molar-refractivity contribution < 1.29 is 37.3 Å². The number of halogens is 1. The molecule has 2 aliphatic carbocycles. The van der Waals surface area contributed by atoms with Gasteiger partial charge in [-0.3, -0.25) is 44.4 Å². The van der Waals surface area contributed by atoms with Crippen LogP contribution in [0.4, 0.5) is 17.1 Å². The van der Waals surface area contributed by atoms with Gasteiger partial charge in [0.2, 0.25) is 11.8 Å². The van der Waals surface area contributed by atoms with Crippen LogP contribution in [-0.2, 0) is 26.2 Å². The molecular weight excluding hydrogens is 1180 g/mol. The summed E-state index contributed by atoms with van der Waals surface area (Å²) in [7, 11) is -4.62. The topological polar surface area (TPSA) is 236 Å². The zero-order valence-electron chi connectivity index (χ0n) is 50.9. The van der Waals surface area contributed by atoms with E-state index in [1.54, 1.807) is 41.4 Å². The summed E-state index contributed by atoms with van der Waals surface area (Å²) in [6.07, 6.45) is 12.5. The molecule has 22 heteroatoms. The number of carbonyl (C=O) groups excluding carboxylic acids is 4. The average molecular weight is 1260 g/mol. The summed E-state index contributed by atoms with van der Waals surface area (Å²) < 4.78 is 36.6. The van der Waals surface area contributed by atoms with Gasteiger partial charge in [-0.25, -0.2) is 18.1 Å². The molecule has 470 valence electrons. The number of ether oxygens (including phenoxy) is 1. The second-order valence-corrected chi connectivity index (χ2v) is 27.6. The fourth-order valence-electron chi connectivity index (χ4n) is 13.8. The minimum atomic E-state index is -4.62. The Morgan fingerprint density at radius 3 is 2.43 bits per heavy atom. The number of piperazine rings is 2. The summed E-state index contributed by atoms with van der Waals surface area (Å²) in [5, 5.41) is 19.7. The minimum Gasteiger partial charge on any atom is -0.455 e. The molecule has 12 rings (SSSR count). The SMILES string of the molecule is CC1(C)CCC(CN2CCN(c3ccc(C(=O)NS(=O)(=O)c4ccc(NCC5CCC(N6CCN(CCCC#Cc7cccc8c7CN(C7CCC(=O)NC7=O)C8=O)CC6)CC5)c([N+](=O)[O-])c4)c(Oc4cnc5[nH]ccc5c4)c3)CC2)=C(c2ccc(Cl)cc2)C1. The van der Waals surface area contributed by atoms with Gasteiger partial charge in [0.25, 0.3) is 27.5 Å². The largest absolute Gasteiger partial charge is 0.455 e. The molecule has 90 heavy (non-hydrogen) atoms. The Morgan fingerprint density at radius 1 is 0.889 bits per heavy atom. The number of allylic oxidation sites excluding steroid dienone is 1. The van der Waals surface area contributed by atoms with Gasteiger partial charge in [0.1, 0.15) is 28.9 Å². The van der Waals surface area contributed by atoms with Crippen LogP contribution in [0.2, 0.25) is 5.02 Å². The van der Waals surface area contributed by atoms with E-state index in [0.717, 1.165) is 137 Å². The van der Waals surface area contributed by atoms with Gasteiger partial charge in [-0.05, 0) is 153 Å². The number of nitro groups is 1. The number of carbonyl (C=O) groups is 4. The number of hydrogen-bond acceptors (Lipinski definition) is 15. The number of rotatable bonds is 18. The minimum absolute atomic E-state index is 0.0467. The molecule has 4 fully saturated rings. The zero-order valence-corrected chi connectivity index (χ0v) is 52.5. The van der Waals surface area contributed by atoms with Crippen LogP contribution in [0.3, 0.4) is 0 Å². The van der Waals surface area contributed by atoms with Gasteiger partial charge < -0.3 is 29.7 Å². The third-order valence-electron chi connectivity index (χ3n) is 18.9. The van der Waals surface area contributed by atoms with Crippen LogP contribution in [0.15, 0.2) is 114 Å². The number of unbranched alkanes of at least 4 members (excludes halogenated alkanes) is 1. The predicted octanol–water partition coefficient (Wildman–Crippen LogP) is 10.0. The van der Waals surface area contributed by atoms with Crippen molar-refractivity contribution in [1.29, 1.82) is 0 Å². The third-order valence-corrected chi connectivity index (χ3v) is 20.5. The number of hydrogen-bond donors (Lipinski definition) is 4. The molecule has 4 aliphatic heterocycles. The lowest BCUT2D eigenvalue weighted by Gasteiger charge is -2.42. The van der Waals surface area contributed by atoms with Gasteiger partial charge >= 0.3 is 0 Å². The molecule has 4 aromatic carbocycles. The number of amides is 4. The first-order valence-electron chi connectivity index (χ1n) is 31.4. The molecule has 4 amide bonds. The van der Waals surface area contributed by atoms with Crippen molar-refractivity contribution in [2.24, 2.45) is 11.3 Å². The molecule has 20 nitrogen and oxygen atoms in total. The number of aromatic amines is 1. The molecule has 6 aromatic rings. The van der Waals surface area contributed by atoms with E-state index in [-0.39, 0.29) is 46.6 Å². The number of nitrogens with zero attached hydrogens (tertiary/aromatic N) is 7.